The predicted molar refractivity (Wildman–Crippen MR) is 74.4 cm³/mol. The Balaban J connectivity index is 2.23. The van der Waals surface area contributed by atoms with Crippen LogP contribution in [0.15, 0.2) is 11.4 Å². The van der Waals surface area contributed by atoms with Crippen molar-refractivity contribution in [3.05, 3.63) is 17.3 Å². The maximum Gasteiger partial charge on any atom is 0.158 e. The lowest BCUT2D eigenvalue weighted by atomic mass is 10.1. The van der Waals surface area contributed by atoms with Crippen LogP contribution in [0.25, 0.3) is 10.2 Å². The summed E-state index contributed by atoms with van der Waals surface area (Å²) < 4.78 is 5.80. The summed E-state index contributed by atoms with van der Waals surface area (Å²) in [5.41, 5.74) is 2.44. The van der Waals surface area contributed by atoms with E-state index in [9.17, 15) is 0 Å². The Labute approximate surface area is 110 Å². The van der Waals surface area contributed by atoms with Gasteiger partial charge in [0.15, 0.2) is 11.6 Å². The number of hydrogen-bond acceptors (Lipinski definition) is 6. The van der Waals surface area contributed by atoms with Crippen molar-refractivity contribution in [3.8, 4) is 0 Å². The van der Waals surface area contributed by atoms with E-state index in [-0.39, 0.29) is 5.60 Å². The minimum atomic E-state index is -0.163. The van der Waals surface area contributed by atoms with Gasteiger partial charge in [0.2, 0.25) is 0 Å². The molecular formula is C12H18N4OS. The summed E-state index contributed by atoms with van der Waals surface area (Å²) in [6, 6.07) is 1.95. The standard InChI is InChI=1S/C12H18N4OS/c1-4-12(2,3)17-7-9-14-10(16-13)8-5-6-18-11(8)15-9/h5-6H,4,7,13H2,1-3H3,(H,14,15,16). The summed E-state index contributed by atoms with van der Waals surface area (Å²) in [6.07, 6.45) is 0.941. The van der Waals surface area contributed by atoms with Crippen molar-refractivity contribution in [2.45, 2.75) is 39.4 Å². The zero-order valence-corrected chi connectivity index (χ0v) is 11.7. The first-order chi connectivity index (χ1) is 8.55. The molecule has 0 fully saturated rings. The second-order valence-electron chi connectivity index (χ2n) is 4.67. The third-order valence-electron chi connectivity index (χ3n) is 2.95. The Morgan fingerprint density at radius 1 is 1.44 bits per heavy atom. The van der Waals surface area contributed by atoms with Gasteiger partial charge >= 0.3 is 0 Å². The van der Waals surface area contributed by atoms with Gasteiger partial charge in [0, 0.05) is 0 Å². The molecule has 0 aliphatic carbocycles. The Hall–Kier alpha value is -1.24. The number of nitrogens with one attached hydrogen (secondary N) is 1. The average Bonchev–Trinajstić information content (AvgIpc) is 2.83. The fourth-order valence-corrected chi connectivity index (χ4v) is 2.22. The zero-order valence-electron chi connectivity index (χ0n) is 10.9. The number of fused-ring (bicyclic) bond motifs is 1. The van der Waals surface area contributed by atoms with Crippen LogP contribution in [0.1, 0.15) is 33.0 Å². The molecule has 0 saturated carbocycles. The van der Waals surface area contributed by atoms with Gasteiger partial charge in [0.1, 0.15) is 11.4 Å². The molecule has 2 aromatic rings. The molecule has 2 aromatic heterocycles. The predicted octanol–water partition coefficient (Wildman–Crippen LogP) is 2.68. The summed E-state index contributed by atoms with van der Waals surface area (Å²) in [6.45, 7) is 6.59. The second-order valence-corrected chi connectivity index (χ2v) is 5.57. The van der Waals surface area contributed by atoms with Crippen molar-refractivity contribution in [2.24, 2.45) is 5.84 Å². The number of nitrogens with two attached hydrogens (primary N) is 1. The van der Waals surface area contributed by atoms with E-state index in [1.807, 2.05) is 11.4 Å². The smallest absolute Gasteiger partial charge is 0.158 e. The lowest BCUT2D eigenvalue weighted by Crippen LogP contribution is -2.23. The van der Waals surface area contributed by atoms with Crippen LogP contribution in [0.4, 0.5) is 5.82 Å². The number of rotatable bonds is 5. The molecule has 0 aromatic carbocycles. The molecule has 0 aliphatic rings. The van der Waals surface area contributed by atoms with Gasteiger partial charge in [-0.2, -0.15) is 0 Å². The largest absolute Gasteiger partial charge is 0.368 e. The first-order valence-electron chi connectivity index (χ1n) is 5.90. The summed E-state index contributed by atoms with van der Waals surface area (Å²) in [5, 5.41) is 2.92. The van der Waals surface area contributed by atoms with Crippen LogP contribution in [0.5, 0.6) is 0 Å². The van der Waals surface area contributed by atoms with Gasteiger partial charge in [-0.05, 0) is 31.7 Å². The molecule has 0 bridgehead atoms. The number of nitrogens with zero attached hydrogens (tertiary/aromatic N) is 2. The minimum Gasteiger partial charge on any atom is -0.368 e. The number of anilines is 1. The summed E-state index contributed by atoms with van der Waals surface area (Å²) >= 11 is 1.57. The highest BCUT2D eigenvalue weighted by Crippen LogP contribution is 2.25. The molecule has 6 heteroatoms. The van der Waals surface area contributed by atoms with Crippen molar-refractivity contribution >= 4 is 27.4 Å². The molecule has 0 atom stereocenters. The minimum absolute atomic E-state index is 0.163. The first kappa shape index (κ1) is 13.2. The molecule has 0 aliphatic heterocycles. The van der Waals surface area contributed by atoms with Crippen LogP contribution in [-0.2, 0) is 11.3 Å². The molecule has 2 rings (SSSR count). The quantitative estimate of drug-likeness (QED) is 0.643. The van der Waals surface area contributed by atoms with Gasteiger partial charge in [-0.3, -0.25) is 0 Å². The van der Waals surface area contributed by atoms with Crippen LogP contribution >= 0.6 is 11.3 Å². The van der Waals surface area contributed by atoms with Gasteiger partial charge < -0.3 is 10.2 Å². The van der Waals surface area contributed by atoms with E-state index in [0.29, 0.717) is 18.2 Å². The molecule has 5 nitrogen and oxygen atoms in total. The molecule has 18 heavy (non-hydrogen) atoms. The average molecular weight is 266 g/mol. The number of hydrogen-bond donors (Lipinski definition) is 2. The fourth-order valence-electron chi connectivity index (χ4n) is 1.44. The number of hydrazine groups is 1. The summed E-state index contributed by atoms with van der Waals surface area (Å²) in [7, 11) is 0. The van der Waals surface area contributed by atoms with Gasteiger partial charge in [0.25, 0.3) is 0 Å². The van der Waals surface area contributed by atoms with Gasteiger partial charge in [0.05, 0.1) is 11.0 Å². The van der Waals surface area contributed by atoms with E-state index >= 15 is 0 Å². The van der Waals surface area contributed by atoms with Crippen LogP contribution in [0.3, 0.4) is 0 Å². The highest BCUT2D eigenvalue weighted by molar-refractivity contribution is 7.16. The molecular weight excluding hydrogens is 248 g/mol. The maximum atomic E-state index is 5.80. The molecule has 0 radical (unpaired) electrons. The SMILES string of the molecule is CCC(C)(C)OCc1nc(NN)c2ccsc2n1. The normalized spacial score (nSPS) is 12.0. The maximum absolute atomic E-state index is 5.80. The Kier molecular flexibility index (Phi) is 3.79. The molecule has 0 spiro atoms. The molecule has 0 amide bonds. The fraction of sp³-hybridized carbons (Fsp3) is 0.500. The van der Waals surface area contributed by atoms with Crippen LogP contribution in [-0.4, -0.2) is 15.6 Å². The number of ether oxygens (including phenoxy) is 1. The first-order valence-corrected chi connectivity index (χ1v) is 6.78. The number of aromatic nitrogens is 2. The molecule has 3 N–H and O–H groups in total. The Morgan fingerprint density at radius 2 is 2.22 bits per heavy atom. The monoisotopic (exact) mass is 266 g/mol. The second kappa shape index (κ2) is 5.17. The highest BCUT2D eigenvalue weighted by atomic mass is 32.1. The molecule has 0 unspecified atom stereocenters. The third kappa shape index (κ3) is 2.77. The third-order valence-corrected chi connectivity index (χ3v) is 3.76. The topological polar surface area (TPSA) is 73.1 Å². The molecule has 98 valence electrons. The van der Waals surface area contributed by atoms with Gasteiger partial charge in [-0.1, -0.05) is 6.92 Å². The summed E-state index contributed by atoms with van der Waals surface area (Å²) in [4.78, 5) is 9.75. The van der Waals surface area contributed by atoms with Crippen LogP contribution in [0, 0.1) is 0 Å². The van der Waals surface area contributed by atoms with Gasteiger partial charge in [-0.15, -0.1) is 11.3 Å². The van der Waals surface area contributed by atoms with Crippen molar-refractivity contribution in [2.75, 3.05) is 5.43 Å². The van der Waals surface area contributed by atoms with E-state index in [0.717, 1.165) is 16.6 Å². The highest BCUT2D eigenvalue weighted by Gasteiger charge is 2.17. The molecule has 0 saturated heterocycles. The Morgan fingerprint density at radius 3 is 2.89 bits per heavy atom. The van der Waals surface area contributed by atoms with Crippen molar-refractivity contribution in [3.63, 3.8) is 0 Å². The lowest BCUT2D eigenvalue weighted by molar-refractivity contribution is -0.0343. The van der Waals surface area contributed by atoms with E-state index in [2.05, 4.69) is 36.2 Å². The zero-order chi connectivity index (χ0) is 13.2. The number of nitrogen functional groups attached to an aromatic ring is 1. The van der Waals surface area contributed by atoms with Crippen molar-refractivity contribution < 1.29 is 4.74 Å². The van der Waals surface area contributed by atoms with Crippen molar-refractivity contribution in [1.82, 2.24) is 9.97 Å². The molecule has 2 heterocycles. The van der Waals surface area contributed by atoms with Crippen LogP contribution < -0.4 is 11.3 Å². The van der Waals surface area contributed by atoms with E-state index in [1.54, 1.807) is 11.3 Å². The van der Waals surface area contributed by atoms with E-state index in [1.165, 1.54) is 0 Å². The Bertz CT molecular complexity index is 538. The van der Waals surface area contributed by atoms with Gasteiger partial charge in [-0.25, -0.2) is 15.8 Å². The van der Waals surface area contributed by atoms with E-state index < -0.39 is 0 Å². The van der Waals surface area contributed by atoms with Crippen molar-refractivity contribution in [1.29, 1.82) is 0 Å². The van der Waals surface area contributed by atoms with E-state index in [4.69, 9.17) is 10.6 Å². The van der Waals surface area contributed by atoms with Crippen LogP contribution in [0.2, 0.25) is 0 Å². The summed E-state index contributed by atoms with van der Waals surface area (Å²) in [5.74, 6) is 6.78. The number of thiophene rings is 1. The lowest BCUT2D eigenvalue weighted by Gasteiger charge is -2.22.